The summed E-state index contributed by atoms with van der Waals surface area (Å²) in [6.45, 7) is 4.28. The Kier molecular flexibility index (Phi) is 5.62. The summed E-state index contributed by atoms with van der Waals surface area (Å²) in [6.07, 6.45) is 3.87. The minimum absolute atomic E-state index is 0.434. The van der Waals surface area contributed by atoms with E-state index in [0.29, 0.717) is 5.75 Å². The van der Waals surface area contributed by atoms with Gasteiger partial charge in [-0.2, -0.15) is 11.8 Å². The molecular formula is C13H20OS. The van der Waals surface area contributed by atoms with Crippen LogP contribution in [0.2, 0.25) is 0 Å². The molecule has 0 fully saturated rings. The van der Waals surface area contributed by atoms with E-state index < -0.39 is 0 Å². The van der Waals surface area contributed by atoms with Gasteiger partial charge < -0.3 is 5.11 Å². The van der Waals surface area contributed by atoms with Crippen LogP contribution in [0.1, 0.15) is 37.3 Å². The van der Waals surface area contributed by atoms with Crippen molar-refractivity contribution in [3.63, 3.8) is 0 Å². The fourth-order valence-electron chi connectivity index (χ4n) is 1.47. The highest BCUT2D eigenvalue weighted by molar-refractivity contribution is 7.98. The molecule has 0 spiro atoms. The number of rotatable bonds is 6. The molecule has 0 aliphatic carbocycles. The summed E-state index contributed by atoms with van der Waals surface area (Å²) in [5.74, 6) is 2.56. The molecule has 0 aromatic heterocycles. The average molecular weight is 224 g/mol. The first-order valence-electron chi connectivity index (χ1n) is 5.60. The highest BCUT2D eigenvalue weighted by Crippen LogP contribution is 2.23. The van der Waals surface area contributed by atoms with Crippen molar-refractivity contribution < 1.29 is 5.11 Å². The van der Waals surface area contributed by atoms with Crippen LogP contribution in [-0.2, 0) is 5.75 Å². The normalized spacial score (nSPS) is 10.5. The Morgan fingerprint density at radius 3 is 2.80 bits per heavy atom. The molecule has 0 aliphatic rings. The zero-order valence-electron chi connectivity index (χ0n) is 9.62. The van der Waals surface area contributed by atoms with Gasteiger partial charge in [-0.3, -0.25) is 0 Å². The third-order valence-electron chi connectivity index (χ3n) is 2.38. The monoisotopic (exact) mass is 224 g/mol. The van der Waals surface area contributed by atoms with Gasteiger partial charge in [0.1, 0.15) is 5.75 Å². The van der Waals surface area contributed by atoms with Gasteiger partial charge in [-0.25, -0.2) is 0 Å². The number of phenolic OH excluding ortho intramolecular Hbond substituents is 1. The molecular weight excluding hydrogens is 204 g/mol. The number of hydrogen-bond donors (Lipinski definition) is 1. The Balaban J connectivity index is 2.33. The lowest BCUT2D eigenvalue weighted by Gasteiger charge is -2.05. The van der Waals surface area contributed by atoms with Gasteiger partial charge in [0.2, 0.25) is 0 Å². The molecule has 0 amide bonds. The Bertz CT molecular complexity index is 297. The zero-order valence-corrected chi connectivity index (χ0v) is 10.4. The zero-order chi connectivity index (χ0) is 11.1. The van der Waals surface area contributed by atoms with E-state index in [2.05, 4.69) is 19.9 Å². The van der Waals surface area contributed by atoms with Gasteiger partial charge in [0.25, 0.3) is 0 Å². The number of hydrogen-bond acceptors (Lipinski definition) is 2. The molecule has 1 N–H and O–H groups in total. The van der Waals surface area contributed by atoms with Crippen molar-refractivity contribution >= 4 is 11.8 Å². The molecule has 15 heavy (non-hydrogen) atoms. The van der Waals surface area contributed by atoms with Gasteiger partial charge in [-0.1, -0.05) is 37.5 Å². The molecule has 0 saturated heterocycles. The van der Waals surface area contributed by atoms with Crippen LogP contribution in [0.5, 0.6) is 5.75 Å². The van der Waals surface area contributed by atoms with Crippen LogP contribution in [0.25, 0.3) is 0 Å². The molecule has 0 atom stereocenters. The van der Waals surface area contributed by atoms with Crippen LogP contribution in [0.3, 0.4) is 0 Å². The second-order valence-corrected chi connectivity index (χ2v) is 5.00. The van der Waals surface area contributed by atoms with Crippen molar-refractivity contribution in [3.05, 3.63) is 29.3 Å². The maximum atomic E-state index is 9.62. The van der Waals surface area contributed by atoms with Gasteiger partial charge in [0.15, 0.2) is 0 Å². The van der Waals surface area contributed by atoms with Crippen molar-refractivity contribution in [2.45, 2.75) is 38.9 Å². The van der Waals surface area contributed by atoms with E-state index in [1.807, 2.05) is 17.8 Å². The van der Waals surface area contributed by atoms with E-state index in [9.17, 15) is 5.11 Å². The van der Waals surface area contributed by atoms with Crippen LogP contribution < -0.4 is 0 Å². The van der Waals surface area contributed by atoms with Gasteiger partial charge in [0, 0.05) is 11.3 Å². The van der Waals surface area contributed by atoms with Crippen molar-refractivity contribution in [2.75, 3.05) is 5.75 Å². The highest BCUT2D eigenvalue weighted by Gasteiger charge is 2.00. The molecule has 1 aromatic rings. The quantitative estimate of drug-likeness (QED) is 0.733. The van der Waals surface area contributed by atoms with Gasteiger partial charge in [-0.15, -0.1) is 0 Å². The molecule has 1 rings (SSSR count). The van der Waals surface area contributed by atoms with E-state index in [0.717, 1.165) is 11.3 Å². The predicted octanol–water partition coefficient (Wildman–Crippen LogP) is 4.12. The summed E-state index contributed by atoms with van der Waals surface area (Å²) in [5.41, 5.74) is 2.29. The lowest BCUT2D eigenvalue weighted by Crippen LogP contribution is -1.86. The molecule has 2 heteroatoms. The fourth-order valence-corrected chi connectivity index (χ4v) is 2.47. The van der Waals surface area contributed by atoms with Crippen molar-refractivity contribution in [2.24, 2.45) is 0 Å². The number of unbranched alkanes of at least 4 members (excludes halogenated alkanes) is 2. The molecule has 84 valence electrons. The molecule has 0 bridgehead atoms. The van der Waals surface area contributed by atoms with Gasteiger partial charge in [-0.05, 0) is 25.2 Å². The standard InChI is InChI=1S/C13H20OS/c1-3-4-5-8-15-10-12-9-11(2)6-7-13(12)14/h6-7,9,14H,3-5,8,10H2,1-2H3. The van der Waals surface area contributed by atoms with Crippen molar-refractivity contribution in [1.29, 1.82) is 0 Å². The molecule has 0 radical (unpaired) electrons. The largest absolute Gasteiger partial charge is 0.508 e. The minimum Gasteiger partial charge on any atom is -0.508 e. The topological polar surface area (TPSA) is 20.2 Å². The summed E-state index contributed by atoms with van der Waals surface area (Å²) >= 11 is 1.91. The van der Waals surface area contributed by atoms with E-state index in [4.69, 9.17) is 0 Å². The van der Waals surface area contributed by atoms with E-state index >= 15 is 0 Å². The Labute approximate surface area is 96.9 Å². The second kappa shape index (κ2) is 6.78. The lowest BCUT2D eigenvalue weighted by molar-refractivity contribution is 0.470. The van der Waals surface area contributed by atoms with Crippen LogP contribution >= 0.6 is 11.8 Å². The third-order valence-corrected chi connectivity index (χ3v) is 3.48. The number of thioether (sulfide) groups is 1. The average Bonchev–Trinajstić information content (AvgIpc) is 2.23. The summed E-state index contributed by atoms with van der Waals surface area (Å²) in [6, 6.07) is 5.81. The van der Waals surface area contributed by atoms with Crippen LogP contribution in [0.15, 0.2) is 18.2 Å². The lowest BCUT2D eigenvalue weighted by atomic mass is 10.1. The molecule has 0 aliphatic heterocycles. The number of benzene rings is 1. The third kappa shape index (κ3) is 4.61. The Morgan fingerprint density at radius 2 is 2.07 bits per heavy atom. The number of aromatic hydroxyl groups is 1. The number of aryl methyl sites for hydroxylation is 1. The molecule has 0 unspecified atom stereocenters. The van der Waals surface area contributed by atoms with E-state index in [1.165, 1.54) is 30.6 Å². The maximum Gasteiger partial charge on any atom is 0.119 e. The van der Waals surface area contributed by atoms with Crippen molar-refractivity contribution in [1.82, 2.24) is 0 Å². The molecule has 0 heterocycles. The van der Waals surface area contributed by atoms with Crippen LogP contribution in [0, 0.1) is 6.92 Å². The summed E-state index contributed by atoms with van der Waals surface area (Å²) in [7, 11) is 0. The summed E-state index contributed by atoms with van der Waals surface area (Å²) in [5, 5.41) is 9.62. The predicted molar refractivity (Wildman–Crippen MR) is 68.5 cm³/mol. The smallest absolute Gasteiger partial charge is 0.119 e. The molecule has 1 nitrogen and oxygen atoms in total. The first-order valence-corrected chi connectivity index (χ1v) is 6.75. The van der Waals surface area contributed by atoms with Crippen LogP contribution in [0.4, 0.5) is 0 Å². The van der Waals surface area contributed by atoms with Crippen molar-refractivity contribution in [3.8, 4) is 5.75 Å². The van der Waals surface area contributed by atoms with Gasteiger partial charge in [0.05, 0.1) is 0 Å². The number of phenols is 1. The van der Waals surface area contributed by atoms with E-state index in [1.54, 1.807) is 6.07 Å². The second-order valence-electron chi connectivity index (χ2n) is 3.89. The summed E-state index contributed by atoms with van der Waals surface area (Å²) in [4.78, 5) is 0. The first kappa shape index (κ1) is 12.4. The molecule has 1 aromatic carbocycles. The van der Waals surface area contributed by atoms with Gasteiger partial charge >= 0.3 is 0 Å². The minimum atomic E-state index is 0.434. The SMILES string of the molecule is CCCCCSCc1cc(C)ccc1O. The molecule has 0 saturated carbocycles. The first-order chi connectivity index (χ1) is 7.24. The fraction of sp³-hybridized carbons (Fsp3) is 0.538. The summed E-state index contributed by atoms with van der Waals surface area (Å²) < 4.78 is 0. The highest BCUT2D eigenvalue weighted by atomic mass is 32.2. The maximum absolute atomic E-state index is 9.62. The Hall–Kier alpha value is -0.630. The van der Waals surface area contributed by atoms with E-state index in [-0.39, 0.29) is 0 Å². The Morgan fingerprint density at radius 1 is 1.27 bits per heavy atom. The van der Waals surface area contributed by atoms with Crippen LogP contribution in [-0.4, -0.2) is 10.9 Å².